The lowest BCUT2D eigenvalue weighted by Gasteiger charge is -2.22. The van der Waals surface area contributed by atoms with Crippen molar-refractivity contribution >= 4 is 24.0 Å². The number of hydrogen-bond acceptors (Lipinski definition) is 3. The van der Waals surface area contributed by atoms with Crippen molar-refractivity contribution in [3.8, 4) is 0 Å². The highest BCUT2D eigenvalue weighted by Crippen LogP contribution is 2.17. The number of halogens is 3. The average molecular weight is 306 g/mol. The maximum atomic E-state index is 13.4. The third-order valence-electron chi connectivity index (χ3n) is 3.32. The molecule has 0 spiro atoms. The van der Waals surface area contributed by atoms with Crippen molar-refractivity contribution in [3.63, 3.8) is 0 Å². The van der Waals surface area contributed by atoms with E-state index in [4.69, 9.17) is 5.73 Å². The molecule has 0 radical (unpaired) electrons. The Bertz CT molecular complexity index is 473. The molecule has 1 atom stereocenters. The van der Waals surface area contributed by atoms with Crippen LogP contribution in [-0.2, 0) is 4.79 Å². The first-order valence-electron chi connectivity index (χ1n) is 6.29. The van der Waals surface area contributed by atoms with Crippen molar-refractivity contribution in [1.29, 1.82) is 0 Å². The summed E-state index contributed by atoms with van der Waals surface area (Å²) in [4.78, 5) is 13.8. The molecule has 20 heavy (non-hydrogen) atoms. The van der Waals surface area contributed by atoms with Gasteiger partial charge in [-0.3, -0.25) is 9.69 Å². The van der Waals surface area contributed by atoms with Crippen LogP contribution in [0.15, 0.2) is 18.2 Å². The molecule has 0 bridgehead atoms. The van der Waals surface area contributed by atoms with Crippen LogP contribution in [0.5, 0.6) is 0 Å². The molecule has 3 N–H and O–H groups in total. The zero-order valence-corrected chi connectivity index (χ0v) is 11.8. The Labute approximate surface area is 122 Å². The van der Waals surface area contributed by atoms with Gasteiger partial charge in [0.05, 0.1) is 12.2 Å². The van der Waals surface area contributed by atoms with Crippen LogP contribution in [-0.4, -0.2) is 36.5 Å². The second-order valence-corrected chi connectivity index (χ2v) is 4.67. The van der Waals surface area contributed by atoms with Gasteiger partial charge in [0.25, 0.3) is 0 Å². The Balaban J connectivity index is 0.00000200. The second kappa shape index (κ2) is 7.52. The number of carbonyl (C=O) groups is 1. The molecule has 1 fully saturated rings. The van der Waals surface area contributed by atoms with Gasteiger partial charge in [-0.1, -0.05) is 0 Å². The molecule has 1 unspecified atom stereocenters. The third-order valence-corrected chi connectivity index (χ3v) is 3.32. The van der Waals surface area contributed by atoms with Crippen molar-refractivity contribution in [2.45, 2.75) is 18.9 Å². The minimum atomic E-state index is -0.647. The molecule has 1 aliphatic heterocycles. The molecule has 1 aliphatic rings. The summed E-state index contributed by atoms with van der Waals surface area (Å²) in [5.41, 5.74) is 5.48. The fraction of sp³-hybridized carbons (Fsp3) is 0.462. The lowest BCUT2D eigenvalue weighted by Crippen LogP contribution is -2.40. The molecule has 0 aromatic heterocycles. The highest BCUT2D eigenvalue weighted by Gasteiger charge is 2.25. The fourth-order valence-electron chi connectivity index (χ4n) is 2.34. The van der Waals surface area contributed by atoms with Gasteiger partial charge in [0.2, 0.25) is 5.91 Å². The zero-order valence-electron chi connectivity index (χ0n) is 10.9. The van der Waals surface area contributed by atoms with E-state index in [0.717, 1.165) is 37.6 Å². The number of amides is 1. The van der Waals surface area contributed by atoms with Crippen LogP contribution < -0.4 is 11.1 Å². The monoisotopic (exact) mass is 305 g/mol. The van der Waals surface area contributed by atoms with Gasteiger partial charge in [0.15, 0.2) is 0 Å². The SMILES string of the molecule is Cl.NCC1CCCN1CC(=O)Nc1cc(F)ccc1F. The van der Waals surface area contributed by atoms with Crippen LogP contribution in [0.2, 0.25) is 0 Å². The van der Waals surface area contributed by atoms with Gasteiger partial charge >= 0.3 is 0 Å². The molecular weight excluding hydrogens is 288 g/mol. The number of carbonyl (C=O) groups excluding carboxylic acids is 1. The van der Waals surface area contributed by atoms with E-state index in [2.05, 4.69) is 5.32 Å². The Kier molecular flexibility index (Phi) is 6.32. The molecular formula is C13H18ClF2N3O. The Morgan fingerprint density at radius 2 is 2.20 bits per heavy atom. The van der Waals surface area contributed by atoms with Crippen LogP contribution in [0.4, 0.5) is 14.5 Å². The first-order valence-corrected chi connectivity index (χ1v) is 6.29. The molecule has 1 amide bonds. The summed E-state index contributed by atoms with van der Waals surface area (Å²) in [7, 11) is 0. The third kappa shape index (κ3) is 4.13. The van der Waals surface area contributed by atoms with Crippen LogP contribution in [0.25, 0.3) is 0 Å². The average Bonchev–Trinajstić information content (AvgIpc) is 2.81. The predicted molar refractivity (Wildman–Crippen MR) is 75.9 cm³/mol. The van der Waals surface area contributed by atoms with E-state index in [-0.39, 0.29) is 36.6 Å². The minimum Gasteiger partial charge on any atom is -0.329 e. The fourth-order valence-corrected chi connectivity index (χ4v) is 2.34. The van der Waals surface area contributed by atoms with Gasteiger partial charge in [-0.25, -0.2) is 8.78 Å². The van der Waals surface area contributed by atoms with E-state index in [1.165, 1.54) is 0 Å². The number of nitrogens with two attached hydrogens (primary N) is 1. The van der Waals surface area contributed by atoms with Crippen molar-refractivity contribution in [2.24, 2.45) is 5.73 Å². The zero-order chi connectivity index (χ0) is 13.8. The summed E-state index contributed by atoms with van der Waals surface area (Å²) in [6.07, 6.45) is 1.97. The van der Waals surface area contributed by atoms with E-state index < -0.39 is 11.6 Å². The van der Waals surface area contributed by atoms with E-state index in [9.17, 15) is 13.6 Å². The predicted octanol–water partition coefficient (Wildman–Crippen LogP) is 1.75. The molecule has 7 heteroatoms. The van der Waals surface area contributed by atoms with E-state index >= 15 is 0 Å². The number of nitrogens with one attached hydrogen (secondary N) is 1. The number of benzene rings is 1. The van der Waals surface area contributed by atoms with Crippen molar-refractivity contribution < 1.29 is 13.6 Å². The summed E-state index contributed by atoms with van der Waals surface area (Å²) in [5, 5.41) is 2.39. The molecule has 0 aliphatic carbocycles. The van der Waals surface area contributed by atoms with Gasteiger partial charge in [-0.15, -0.1) is 12.4 Å². The molecule has 0 saturated carbocycles. The first-order chi connectivity index (χ1) is 9.10. The van der Waals surface area contributed by atoms with Crippen LogP contribution in [0.3, 0.4) is 0 Å². The highest BCUT2D eigenvalue weighted by molar-refractivity contribution is 5.92. The highest BCUT2D eigenvalue weighted by atomic mass is 35.5. The molecule has 1 aromatic rings. The first kappa shape index (κ1) is 16.8. The number of likely N-dealkylation sites (tertiary alicyclic amines) is 1. The van der Waals surface area contributed by atoms with Gasteiger partial charge in [-0.2, -0.15) is 0 Å². The molecule has 1 heterocycles. The molecule has 112 valence electrons. The summed E-state index contributed by atoms with van der Waals surface area (Å²) in [6.45, 7) is 1.46. The van der Waals surface area contributed by atoms with E-state index in [0.29, 0.717) is 6.54 Å². The van der Waals surface area contributed by atoms with Crippen molar-refractivity contribution in [3.05, 3.63) is 29.8 Å². The molecule has 2 rings (SSSR count). The Hall–Kier alpha value is -1.24. The minimum absolute atomic E-state index is 0. The van der Waals surface area contributed by atoms with Crippen LogP contribution >= 0.6 is 12.4 Å². The topological polar surface area (TPSA) is 58.4 Å². The van der Waals surface area contributed by atoms with E-state index in [1.807, 2.05) is 4.90 Å². The van der Waals surface area contributed by atoms with Gasteiger partial charge < -0.3 is 11.1 Å². The lowest BCUT2D eigenvalue weighted by atomic mass is 10.2. The molecule has 4 nitrogen and oxygen atoms in total. The number of hydrogen-bond donors (Lipinski definition) is 2. The number of nitrogens with zero attached hydrogens (tertiary/aromatic N) is 1. The van der Waals surface area contributed by atoms with Gasteiger partial charge in [0, 0.05) is 18.7 Å². The maximum absolute atomic E-state index is 13.4. The maximum Gasteiger partial charge on any atom is 0.238 e. The standard InChI is InChI=1S/C13H17F2N3O.ClH/c14-9-3-4-11(15)12(6-9)17-13(19)8-18-5-1-2-10(18)7-16;/h3-4,6,10H,1-2,5,7-8,16H2,(H,17,19);1H. The quantitative estimate of drug-likeness (QED) is 0.891. The van der Waals surface area contributed by atoms with Crippen molar-refractivity contribution in [2.75, 3.05) is 25.0 Å². The lowest BCUT2D eigenvalue weighted by molar-refractivity contribution is -0.117. The Morgan fingerprint density at radius 1 is 1.45 bits per heavy atom. The second-order valence-electron chi connectivity index (χ2n) is 4.67. The van der Waals surface area contributed by atoms with Gasteiger partial charge in [0.1, 0.15) is 11.6 Å². The molecule has 1 aromatic carbocycles. The molecule has 1 saturated heterocycles. The number of anilines is 1. The van der Waals surface area contributed by atoms with Crippen molar-refractivity contribution in [1.82, 2.24) is 4.90 Å². The summed E-state index contributed by atoms with van der Waals surface area (Å²) >= 11 is 0. The smallest absolute Gasteiger partial charge is 0.238 e. The normalized spacial score (nSPS) is 18.6. The summed E-state index contributed by atoms with van der Waals surface area (Å²) in [6, 6.07) is 3.17. The van der Waals surface area contributed by atoms with Crippen LogP contribution in [0.1, 0.15) is 12.8 Å². The largest absolute Gasteiger partial charge is 0.329 e. The summed E-state index contributed by atoms with van der Waals surface area (Å²) < 4.78 is 26.3. The summed E-state index contributed by atoms with van der Waals surface area (Å²) in [5.74, 6) is -1.59. The van der Waals surface area contributed by atoms with Crippen LogP contribution in [0, 0.1) is 11.6 Å². The van der Waals surface area contributed by atoms with E-state index in [1.54, 1.807) is 0 Å². The van der Waals surface area contributed by atoms with Gasteiger partial charge in [-0.05, 0) is 31.5 Å². The number of rotatable bonds is 4. The Morgan fingerprint density at radius 3 is 2.90 bits per heavy atom.